The van der Waals surface area contributed by atoms with E-state index in [-0.39, 0.29) is 0 Å². The van der Waals surface area contributed by atoms with Crippen molar-refractivity contribution >= 4 is 0 Å². The molecular formula is C16H28N2. The SMILES string of the molecule is CCC(C)(CCn1ccnc1)CC1CCCCC1. The van der Waals surface area contributed by atoms with Gasteiger partial charge in [0.1, 0.15) is 0 Å². The maximum absolute atomic E-state index is 4.13. The van der Waals surface area contributed by atoms with Gasteiger partial charge in [-0.05, 0) is 24.2 Å². The lowest BCUT2D eigenvalue weighted by Crippen LogP contribution is -2.23. The minimum atomic E-state index is 0.520. The third kappa shape index (κ3) is 3.86. The van der Waals surface area contributed by atoms with Crippen molar-refractivity contribution in [3.05, 3.63) is 18.7 Å². The van der Waals surface area contributed by atoms with E-state index in [1.165, 1.54) is 51.4 Å². The van der Waals surface area contributed by atoms with Crippen LogP contribution in [0.3, 0.4) is 0 Å². The first kappa shape index (κ1) is 13.6. The summed E-state index contributed by atoms with van der Waals surface area (Å²) in [7, 11) is 0. The molecule has 102 valence electrons. The minimum Gasteiger partial charge on any atom is -0.337 e. The summed E-state index contributed by atoms with van der Waals surface area (Å²) in [5.74, 6) is 0.992. The molecule has 1 aliphatic rings. The number of imidazole rings is 1. The van der Waals surface area contributed by atoms with Gasteiger partial charge >= 0.3 is 0 Å². The average Bonchev–Trinajstić information content (AvgIpc) is 2.91. The van der Waals surface area contributed by atoms with E-state index < -0.39 is 0 Å². The zero-order valence-corrected chi connectivity index (χ0v) is 12.1. The first-order valence-electron chi connectivity index (χ1n) is 7.67. The molecule has 1 aromatic heterocycles. The molecule has 0 saturated heterocycles. The Kier molecular flexibility index (Phi) is 4.85. The molecule has 0 bridgehead atoms. The van der Waals surface area contributed by atoms with Crippen molar-refractivity contribution in [2.24, 2.45) is 11.3 Å². The number of aromatic nitrogens is 2. The molecule has 0 aliphatic heterocycles. The summed E-state index contributed by atoms with van der Waals surface area (Å²) in [6, 6.07) is 0. The number of rotatable bonds is 6. The van der Waals surface area contributed by atoms with Crippen molar-refractivity contribution in [1.82, 2.24) is 9.55 Å². The maximum atomic E-state index is 4.13. The molecule has 18 heavy (non-hydrogen) atoms. The van der Waals surface area contributed by atoms with Gasteiger partial charge in [0.05, 0.1) is 6.33 Å². The summed E-state index contributed by atoms with van der Waals surface area (Å²) in [5, 5.41) is 0. The van der Waals surface area contributed by atoms with E-state index in [9.17, 15) is 0 Å². The Morgan fingerprint density at radius 2 is 2.06 bits per heavy atom. The van der Waals surface area contributed by atoms with Gasteiger partial charge in [-0.1, -0.05) is 52.4 Å². The number of aryl methyl sites for hydroxylation is 1. The zero-order chi connectivity index (χ0) is 12.8. The molecule has 0 radical (unpaired) electrons. The number of hydrogen-bond acceptors (Lipinski definition) is 1. The third-order valence-corrected chi connectivity index (χ3v) is 4.89. The molecule has 1 unspecified atom stereocenters. The largest absolute Gasteiger partial charge is 0.337 e. The standard InChI is InChI=1S/C16H28N2/c1-3-16(2,9-11-18-12-10-17-14-18)13-15-7-5-4-6-8-15/h10,12,14-15H,3-9,11,13H2,1-2H3. The highest BCUT2D eigenvalue weighted by atomic mass is 15.0. The summed E-state index contributed by atoms with van der Waals surface area (Å²) in [5.41, 5.74) is 0.520. The Balaban J connectivity index is 1.84. The molecule has 1 atom stereocenters. The highest BCUT2D eigenvalue weighted by Gasteiger charge is 2.27. The van der Waals surface area contributed by atoms with Crippen LogP contribution in [0.15, 0.2) is 18.7 Å². The molecule has 1 heterocycles. The van der Waals surface area contributed by atoms with Crippen molar-refractivity contribution < 1.29 is 0 Å². The van der Waals surface area contributed by atoms with E-state index in [4.69, 9.17) is 0 Å². The summed E-state index contributed by atoms with van der Waals surface area (Å²) in [4.78, 5) is 4.13. The molecule has 1 fully saturated rings. The third-order valence-electron chi connectivity index (χ3n) is 4.89. The van der Waals surface area contributed by atoms with E-state index >= 15 is 0 Å². The molecule has 0 amide bonds. The van der Waals surface area contributed by atoms with Crippen LogP contribution < -0.4 is 0 Å². The lowest BCUT2D eigenvalue weighted by molar-refractivity contribution is 0.175. The van der Waals surface area contributed by atoms with Gasteiger partial charge < -0.3 is 4.57 Å². The van der Waals surface area contributed by atoms with E-state index in [0.717, 1.165) is 12.5 Å². The predicted octanol–water partition coefficient (Wildman–Crippen LogP) is 4.66. The quantitative estimate of drug-likeness (QED) is 0.716. The Morgan fingerprint density at radius 1 is 1.28 bits per heavy atom. The van der Waals surface area contributed by atoms with E-state index in [2.05, 4.69) is 29.6 Å². The van der Waals surface area contributed by atoms with Crippen molar-refractivity contribution in [2.45, 2.75) is 71.8 Å². The Morgan fingerprint density at radius 3 is 2.67 bits per heavy atom. The van der Waals surface area contributed by atoms with Gasteiger partial charge in [-0.2, -0.15) is 0 Å². The van der Waals surface area contributed by atoms with Crippen LogP contribution in [-0.4, -0.2) is 9.55 Å². The predicted molar refractivity (Wildman–Crippen MR) is 76.4 cm³/mol. The van der Waals surface area contributed by atoms with Crippen LogP contribution in [0.2, 0.25) is 0 Å². The van der Waals surface area contributed by atoms with Crippen molar-refractivity contribution in [2.75, 3.05) is 0 Å². The van der Waals surface area contributed by atoms with Crippen LogP contribution in [0.4, 0.5) is 0 Å². The van der Waals surface area contributed by atoms with E-state index in [1.807, 2.05) is 12.5 Å². The molecule has 1 aromatic rings. The molecule has 2 heteroatoms. The highest BCUT2D eigenvalue weighted by Crippen LogP contribution is 2.39. The van der Waals surface area contributed by atoms with Gasteiger partial charge in [-0.3, -0.25) is 0 Å². The molecule has 1 aliphatic carbocycles. The van der Waals surface area contributed by atoms with Crippen molar-refractivity contribution in [3.63, 3.8) is 0 Å². The topological polar surface area (TPSA) is 17.8 Å². The second-order valence-corrected chi connectivity index (χ2v) is 6.42. The van der Waals surface area contributed by atoms with Crippen molar-refractivity contribution in [3.8, 4) is 0 Å². The Bertz CT molecular complexity index is 325. The molecule has 2 rings (SSSR count). The monoisotopic (exact) mass is 248 g/mol. The number of nitrogens with zero attached hydrogens (tertiary/aromatic N) is 2. The Labute approximate surface area is 112 Å². The first-order chi connectivity index (χ1) is 8.72. The zero-order valence-electron chi connectivity index (χ0n) is 12.1. The first-order valence-corrected chi connectivity index (χ1v) is 7.67. The van der Waals surface area contributed by atoms with Crippen LogP contribution in [-0.2, 0) is 6.54 Å². The van der Waals surface area contributed by atoms with Crippen molar-refractivity contribution in [1.29, 1.82) is 0 Å². The van der Waals surface area contributed by atoms with Gasteiger partial charge in [-0.15, -0.1) is 0 Å². The summed E-state index contributed by atoms with van der Waals surface area (Å²) in [6.07, 6.45) is 17.3. The van der Waals surface area contributed by atoms with Crippen LogP contribution in [0.1, 0.15) is 65.2 Å². The molecule has 2 nitrogen and oxygen atoms in total. The maximum Gasteiger partial charge on any atom is 0.0945 e. The lowest BCUT2D eigenvalue weighted by atomic mass is 9.72. The van der Waals surface area contributed by atoms with Gasteiger partial charge in [0.15, 0.2) is 0 Å². The fraction of sp³-hybridized carbons (Fsp3) is 0.812. The lowest BCUT2D eigenvalue weighted by Gasteiger charge is -2.34. The van der Waals surface area contributed by atoms with Crippen LogP contribution in [0.25, 0.3) is 0 Å². The van der Waals surface area contributed by atoms with Crippen LogP contribution in [0, 0.1) is 11.3 Å². The normalized spacial score (nSPS) is 20.8. The average molecular weight is 248 g/mol. The smallest absolute Gasteiger partial charge is 0.0945 e. The van der Waals surface area contributed by atoms with E-state index in [0.29, 0.717) is 5.41 Å². The summed E-state index contributed by atoms with van der Waals surface area (Å²) in [6.45, 7) is 5.96. The molecule has 0 spiro atoms. The molecule has 0 N–H and O–H groups in total. The second kappa shape index (κ2) is 6.40. The van der Waals surface area contributed by atoms with Crippen LogP contribution >= 0.6 is 0 Å². The molecular weight excluding hydrogens is 220 g/mol. The van der Waals surface area contributed by atoms with Gasteiger partial charge in [0, 0.05) is 18.9 Å². The second-order valence-electron chi connectivity index (χ2n) is 6.42. The fourth-order valence-corrected chi connectivity index (χ4v) is 3.33. The fourth-order valence-electron chi connectivity index (χ4n) is 3.33. The van der Waals surface area contributed by atoms with Crippen LogP contribution in [0.5, 0.6) is 0 Å². The van der Waals surface area contributed by atoms with Gasteiger partial charge in [0.2, 0.25) is 0 Å². The Hall–Kier alpha value is -0.790. The van der Waals surface area contributed by atoms with Gasteiger partial charge in [-0.25, -0.2) is 4.98 Å². The van der Waals surface area contributed by atoms with E-state index in [1.54, 1.807) is 0 Å². The summed E-state index contributed by atoms with van der Waals surface area (Å²) < 4.78 is 2.22. The highest BCUT2D eigenvalue weighted by molar-refractivity contribution is 4.81. The van der Waals surface area contributed by atoms with Gasteiger partial charge in [0.25, 0.3) is 0 Å². The minimum absolute atomic E-state index is 0.520. The molecule has 1 saturated carbocycles. The number of hydrogen-bond donors (Lipinski definition) is 0. The summed E-state index contributed by atoms with van der Waals surface area (Å²) >= 11 is 0. The molecule has 0 aromatic carbocycles.